The van der Waals surface area contributed by atoms with Gasteiger partial charge in [0.05, 0.1) is 64.7 Å². The minimum atomic E-state index is -0.271. The summed E-state index contributed by atoms with van der Waals surface area (Å²) in [5, 5.41) is 8.74. The molecule has 0 radical (unpaired) electrons. The predicted octanol–water partition coefficient (Wildman–Crippen LogP) is 6.91. The van der Waals surface area contributed by atoms with Gasteiger partial charge in [0.15, 0.2) is 0 Å². The van der Waals surface area contributed by atoms with Crippen molar-refractivity contribution < 1.29 is 47.9 Å². The second-order valence-corrected chi connectivity index (χ2v) is 12.5. The first-order valence-corrected chi connectivity index (χ1v) is 17.8. The van der Waals surface area contributed by atoms with E-state index >= 15 is 0 Å². The van der Waals surface area contributed by atoms with Crippen molar-refractivity contribution >= 4 is 11.9 Å². The number of methoxy groups -OCH3 is 1. The van der Waals surface area contributed by atoms with Crippen molar-refractivity contribution in [3.63, 3.8) is 0 Å². The van der Waals surface area contributed by atoms with Crippen molar-refractivity contribution in [3.05, 3.63) is 103 Å². The Morgan fingerprint density at radius 3 is 1.40 bits per heavy atom. The largest absolute Gasteiger partial charge is 0.491 e. The molecule has 52 heavy (non-hydrogen) atoms. The van der Waals surface area contributed by atoms with Gasteiger partial charge in [0.25, 0.3) is 0 Å². The third kappa shape index (κ3) is 12.3. The lowest BCUT2D eigenvalue weighted by molar-refractivity contribution is -0.145. The summed E-state index contributed by atoms with van der Waals surface area (Å²) in [5.41, 5.74) is 5.12. The average Bonchev–Trinajstić information content (AvgIpc) is 3.19. The number of ether oxygens (including phenoxy) is 7. The van der Waals surface area contributed by atoms with Gasteiger partial charge in [-0.05, 0) is 89.9 Å². The fourth-order valence-electron chi connectivity index (χ4n) is 5.87. The molecule has 0 unspecified atom stereocenters. The second kappa shape index (κ2) is 21.1. The third-order valence-electron chi connectivity index (χ3n) is 8.82. The average molecular weight is 713 g/mol. The summed E-state index contributed by atoms with van der Waals surface area (Å²) >= 11 is 0. The molecular formula is C42H48O10. The van der Waals surface area contributed by atoms with Gasteiger partial charge in [-0.25, -0.2) is 0 Å². The van der Waals surface area contributed by atoms with E-state index in [9.17, 15) is 9.59 Å². The van der Waals surface area contributed by atoms with E-state index in [2.05, 4.69) is 0 Å². The van der Waals surface area contributed by atoms with Crippen LogP contribution in [0.2, 0.25) is 0 Å². The number of esters is 2. The zero-order chi connectivity index (χ0) is 36.4. The summed E-state index contributed by atoms with van der Waals surface area (Å²) in [5.74, 6) is 0.696. The Hall–Kier alpha value is -4.58. The zero-order valence-corrected chi connectivity index (χ0v) is 29.7. The van der Waals surface area contributed by atoms with Gasteiger partial charge in [-0.1, -0.05) is 60.7 Å². The maximum Gasteiger partial charge on any atom is 0.314 e. The summed E-state index contributed by atoms with van der Waals surface area (Å²) < 4.78 is 38.3. The number of carbonyl (C=O) groups excluding carboxylic acids is 2. The van der Waals surface area contributed by atoms with Gasteiger partial charge in [-0.2, -0.15) is 0 Å². The van der Waals surface area contributed by atoms with Crippen LogP contribution in [0.4, 0.5) is 0 Å². The van der Waals surface area contributed by atoms with Crippen molar-refractivity contribution in [2.75, 3.05) is 60.0 Å². The highest BCUT2D eigenvalue weighted by molar-refractivity contribution is 5.78. The van der Waals surface area contributed by atoms with Crippen molar-refractivity contribution in [3.8, 4) is 39.5 Å². The number of rotatable bonds is 20. The molecule has 1 N–H and O–H groups in total. The zero-order valence-electron chi connectivity index (χ0n) is 29.7. The molecule has 0 heterocycles. The summed E-state index contributed by atoms with van der Waals surface area (Å²) in [6.07, 6.45) is 2.29. The van der Waals surface area contributed by atoms with Crippen LogP contribution in [0.1, 0.15) is 31.2 Å². The first kappa shape index (κ1) is 38.6. The first-order chi connectivity index (χ1) is 25.5. The smallest absolute Gasteiger partial charge is 0.314 e. The van der Waals surface area contributed by atoms with Gasteiger partial charge in [-0.15, -0.1) is 0 Å². The van der Waals surface area contributed by atoms with E-state index in [0.29, 0.717) is 90.0 Å². The van der Waals surface area contributed by atoms with E-state index in [1.807, 2.05) is 72.8 Å². The topological polar surface area (TPSA) is 119 Å². The molecule has 1 aliphatic rings. The Balaban J connectivity index is 1.00. The lowest BCUT2D eigenvalue weighted by atomic mass is 9.82. The molecule has 0 atom stereocenters. The van der Waals surface area contributed by atoms with Crippen LogP contribution in [-0.4, -0.2) is 77.0 Å². The minimum Gasteiger partial charge on any atom is -0.491 e. The molecular weight excluding hydrogens is 664 g/mol. The molecule has 1 saturated carbocycles. The van der Waals surface area contributed by atoms with Crippen molar-refractivity contribution in [2.45, 2.75) is 32.3 Å². The Bertz CT molecular complexity index is 1500. The molecule has 0 bridgehead atoms. The molecule has 1 fully saturated rings. The standard InChI is InChI=1S/C42H48O10/c1-46-24-25-48-28-29-50-38-16-10-33(11-17-38)35-14-20-40(21-15-35)52-42(45)37-8-6-36(7-9-37)41(44)51-39-18-12-34(13-19-39)32-4-2-31(3-5-32)30-49-27-26-47-23-22-43/h2-5,10-21,36-37,43H,6-9,22-30H2,1H3. The highest BCUT2D eigenvalue weighted by atomic mass is 16.5. The molecule has 1 aliphatic carbocycles. The van der Waals surface area contributed by atoms with Crippen LogP contribution in [0.25, 0.3) is 22.3 Å². The molecule has 0 spiro atoms. The van der Waals surface area contributed by atoms with Crippen molar-refractivity contribution in [1.29, 1.82) is 0 Å². The maximum absolute atomic E-state index is 13.0. The Kier molecular flexibility index (Phi) is 15.7. The third-order valence-corrected chi connectivity index (χ3v) is 8.82. The molecule has 0 saturated heterocycles. The monoisotopic (exact) mass is 712 g/mol. The van der Waals surface area contributed by atoms with E-state index in [0.717, 1.165) is 33.6 Å². The quantitative estimate of drug-likeness (QED) is 0.0589. The number of hydrogen-bond acceptors (Lipinski definition) is 10. The molecule has 0 amide bonds. The van der Waals surface area contributed by atoms with Gasteiger partial charge < -0.3 is 38.3 Å². The number of aliphatic hydroxyl groups is 1. The number of aliphatic hydroxyl groups excluding tert-OH is 1. The van der Waals surface area contributed by atoms with Gasteiger partial charge >= 0.3 is 11.9 Å². The molecule has 4 aromatic rings. The maximum atomic E-state index is 13.0. The number of benzene rings is 4. The highest BCUT2D eigenvalue weighted by Crippen LogP contribution is 2.32. The lowest BCUT2D eigenvalue weighted by Gasteiger charge is -2.25. The lowest BCUT2D eigenvalue weighted by Crippen LogP contribution is -2.30. The van der Waals surface area contributed by atoms with Gasteiger partial charge in [0.2, 0.25) is 0 Å². The van der Waals surface area contributed by atoms with Gasteiger partial charge in [0.1, 0.15) is 23.9 Å². The van der Waals surface area contributed by atoms with E-state index in [1.165, 1.54) is 0 Å². The molecule has 5 rings (SSSR count). The molecule has 10 nitrogen and oxygen atoms in total. The predicted molar refractivity (Wildman–Crippen MR) is 196 cm³/mol. The number of hydrogen-bond donors (Lipinski definition) is 1. The van der Waals surface area contributed by atoms with Gasteiger partial charge in [0, 0.05) is 7.11 Å². The van der Waals surface area contributed by atoms with E-state index in [4.69, 9.17) is 38.3 Å². The SMILES string of the molecule is COCCOCCOc1ccc(-c2ccc(OC(=O)C3CCC(C(=O)Oc4ccc(-c5ccc(COCCOCCO)cc5)cc4)CC3)cc2)cc1. The normalized spacial score (nSPS) is 15.6. The fraction of sp³-hybridized carbons (Fsp3) is 0.381. The molecule has 4 aromatic carbocycles. The van der Waals surface area contributed by atoms with Crippen LogP contribution in [-0.2, 0) is 35.1 Å². The summed E-state index contributed by atoms with van der Waals surface area (Å²) in [4.78, 5) is 25.9. The van der Waals surface area contributed by atoms with Crippen LogP contribution >= 0.6 is 0 Å². The van der Waals surface area contributed by atoms with Crippen molar-refractivity contribution in [2.24, 2.45) is 11.8 Å². The van der Waals surface area contributed by atoms with E-state index < -0.39 is 0 Å². The van der Waals surface area contributed by atoms with E-state index in [1.54, 1.807) is 31.4 Å². The van der Waals surface area contributed by atoms with Crippen molar-refractivity contribution in [1.82, 2.24) is 0 Å². The summed E-state index contributed by atoms with van der Waals surface area (Å²) in [7, 11) is 1.64. The van der Waals surface area contributed by atoms with Crippen LogP contribution in [0, 0.1) is 11.8 Å². The summed E-state index contributed by atoms with van der Waals surface area (Å²) in [6.45, 7) is 3.79. The van der Waals surface area contributed by atoms with Crippen LogP contribution in [0.5, 0.6) is 17.2 Å². The minimum absolute atomic E-state index is 0.00740. The fourth-order valence-corrected chi connectivity index (χ4v) is 5.87. The Labute approximate surface area is 305 Å². The molecule has 0 aromatic heterocycles. The molecule has 10 heteroatoms. The number of carbonyl (C=O) groups is 2. The first-order valence-electron chi connectivity index (χ1n) is 17.8. The Morgan fingerprint density at radius 2 is 0.923 bits per heavy atom. The van der Waals surface area contributed by atoms with Gasteiger partial charge in [-0.3, -0.25) is 9.59 Å². The van der Waals surface area contributed by atoms with Crippen LogP contribution in [0.15, 0.2) is 97.1 Å². The van der Waals surface area contributed by atoms with Crippen LogP contribution in [0.3, 0.4) is 0 Å². The van der Waals surface area contributed by atoms with E-state index in [-0.39, 0.29) is 30.4 Å². The molecule has 0 aliphatic heterocycles. The Morgan fingerprint density at radius 1 is 0.519 bits per heavy atom. The molecule has 276 valence electrons. The highest BCUT2D eigenvalue weighted by Gasteiger charge is 2.32. The van der Waals surface area contributed by atoms with Crippen LogP contribution < -0.4 is 14.2 Å². The summed E-state index contributed by atoms with van der Waals surface area (Å²) in [6, 6.07) is 30.8. The second-order valence-electron chi connectivity index (χ2n) is 12.5.